The predicted molar refractivity (Wildman–Crippen MR) is 266 cm³/mol. The molecule has 64 heavy (non-hydrogen) atoms. The molecule has 8 rings (SSSR count). The van der Waals surface area contributed by atoms with E-state index in [1.807, 2.05) is 105 Å². The predicted octanol–water partition coefficient (Wildman–Crippen LogP) is 16.0. The molecule has 2 aromatic heterocycles. The summed E-state index contributed by atoms with van der Waals surface area (Å²) in [5.41, 5.74) is 7.34. The van der Waals surface area contributed by atoms with Gasteiger partial charge in [0.2, 0.25) is 0 Å². The van der Waals surface area contributed by atoms with Crippen LogP contribution in [-0.2, 0) is 31.9 Å². The molecule has 4 nitrogen and oxygen atoms in total. The van der Waals surface area contributed by atoms with Crippen LogP contribution in [0.25, 0.3) is 72.7 Å². The summed E-state index contributed by atoms with van der Waals surface area (Å²) in [7, 11) is 0. The molecule has 8 aromatic rings. The van der Waals surface area contributed by atoms with Crippen LogP contribution < -0.4 is 0 Å². The standard InChI is InChI=1S/C59H62N3O.Pt/c1-35(2)47-16-14-17-48(36(3)4)54(47)42-22-25-52(38(6)30-42)62-53-19-15-18-49(55(53)61-57(62)50-29-37(5)28-39(7)56(50)63)43-31-44(33-46(32-43)59(11,12)13)51-34-41(26-27-60-51)40-20-23-45(24-21-40)58(8,9)10;/h14-30,32-36,63H,1-13H3;/q-1;/i6D3,8D3,9D3,10D3,35D;. The van der Waals surface area contributed by atoms with E-state index in [4.69, 9.17) is 27.8 Å². The monoisotopic (exact) mass is 1040 g/mol. The molecule has 0 unspecified atom stereocenters. The Morgan fingerprint density at radius 3 is 2.08 bits per heavy atom. The molecule has 0 aliphatic rings. The molecular weight excluding hydrogens is 962 g/mol. The first-order valence-corrected chi connectivity index (χ1v) is 21.3. The number of aryl methyl sites for hydroxylation is 3. The van der Waals surface area contributed by atoms with Gasteiger partial charge in [-0.25, -0.2) is 4.98 Å². The number of aromatic nitrogens is 3. The fourth-order valence-electron chi connectivity index (χ4n) is 8.50. The van der Waals surface area contributed by atoms with Crippen LogP contribution in [-0.4, -0.2) is 19.6 Å². The number of phenols is 1. The van der Waals surface area contributed by atoms with Crippen LogP contribution in [0.15, 0.2) is 121 Å². The van der Waals surface area contributed by atoms with Crippen molar-refractivity contribution >= 4 is 11.0 Å². The van der Waals surface area contributed by atoms with Crippen LogP contribution in [0, 0.1) is 26.8 Å². The van der Waals surface area contributed by atoms with E-state index >= 15 is 0 Å². The first-order valence-electron chi connectivity index (χ1n) is 27.8. The SMILES string of the molecule is [2H]C([2H])([2H])c1cc(-c2c(C(C)C)cccc2C([2H])(C)C)ccc1-n1c(-c2cc(C)cc(C)c2O)nc2c(-c3[c-]c(-c4cc(-c5ccc(C(C([2H])([2H])[2H])(C([2H])([2H])[2H])C([2H])([2H])[2H])cc5)ccn4)cc(C(C)(C)C)c3)cccc21.[Pt]. The maximum Gasteiger partial charge on any atom is 0.148 e. The number of imidazole rings is 1. The van der Waals surface area contributed by atoms with Crippen molar-refractivity contribution in [2.75, 3.05) is 0 Å². The van der Waals surface area contributed by atoms with Gasteiger partial charge in [0.25, 0.3) is 0 Å². The second-order valence-electron chi connectivity index (χ2n) is 18.3. The van der Waals surface area contributed by atoms with E-state index < -0.39 is 44.1 Å². The first kappa shape index (κ1) is 32.1. The van der Waals surface area contributed by atoms with Crippen LogP contribution in [0.1, 0.15) is 138 Å². The molecule has 6 aromatic carbocycles. The summed E-state index contributed by atoms with van der Waals surface area (Å²) in [6.07, 6.45) is 1.61. The van der Waals surface area contributed by atoms with Gasteiger partial charge in [0.1, 0.15) is 11.6 Å². The Kier molecular flexibility index (Phi) is 8.93. The molecule has 0 radical (unpaired) electrons. The van der Waals surface area contributed by atoms with Crippen LogP contribution in [0.2, 0.25) is 0 Å². The zero-order chi connectivity index (χ0) is 56.0. The average molecular weight is 1040 g/mol. The summed E-state index contributed by atoms with van der Waals surface area (Å²) in [6, 6.07) is 37.5. The van der Waals surface area contributed by atoms with Gasteiger partial charge in [-0.05, 0) is 129 Å². The van der Waals surface area contributed by atoms with Crippen molar-refractivity contribution in [2.45, 2.75) is 112 Å². The maximum atomic E-state index is 11.8. The van der Waals surface area contributed by atoms with Gasteiger partial charge in [0, 0.05) is 50.8 Å². The minimum atomic E-state index is -3.40. The third kappa shape index (κ3) is 8.92. The Morgan fingerprint density at radius 2 is 1.39 bits per heavy atom. The van der Waals surface area contributed by atoms with Crippen molar-refractivity contribution in [3.8, 4) is 67.5 Å². The largest absolute Gasteiger partial charge is 0.507 e. The van der Waals surface area contributed by atoms with Gasteiger partial charge in [-0.15, -0.1) is 29.3 Å². The molecular formula is C59H62N3OPt-. The van der Waals surface area contributed by atoms with E-state index in [9.17, 15) is 5.11 Å². The van der Waals surface area contributed by atoms with E-state index in [2.05, 4.69) is 40.7 Å². The van der Waals surface area contributed by atoms with Crippen molar-refractivity contribution in [3.05, 3.63) is 166 Å². The zero-order valence-electron chi connectivity index (χ0n) is 50.7. The Balaban J connectivity index is 0.00000861. The van der Waals surface area contributed by atoms with Gasteiger partial charge in [0.05, 0.1) is 22.3 Å². The van der Waals surface area contributed by atoms with Gasteiger partial charge in [0.15, 0.2) is 0 Å². The average Bonchev–Trinajstić information content (AvgIpc) is 3.75. The number of benzene rings is 6. The van der Waals surface area contributed by atoms with E-state index in [0.29, 0.717) is 72.7 Å². The molecule has 0 fully saturated rings. The number of rotatable bonds is 8. The summed E-state index contributed by atoms with van der Waals surface area (Å²) in [5, 5.41) is 11.8. The van der Waals surface area contributed by atoms with E-state index in [0.717, 1.165) is 27.8 Å². The second-order valence-corrected chi connectivity index (χ2v) is 18.3. The van der Waals surface area contributed by atoms with Crippen LogP contribution >= 0.6 is 0 Å². The fraction of sp³-hybridized carbons (Fsp3) is 0.288. The van der Waals surface area contributed by atoms with E-state index in [-0.39, 0.29) is 43.9 Å². The quantitative estimate of drug-likeness (QED) is 0.154. The second kappa shape index (κ2) is 17.8. The number of aromatic hydroxyl groups is 1. The summed E-state index contributed by atoms with van der Waals surface area (Å²) in [4.78, 5) is 10.1. The fourth-order valence-corrected chi connectivity index (χ4v) is 8.50. The topological polar surface area (TPSA) is 50.9 Å². The molecule has 0 saturated heterocycles. The summed E-state index contributed by atoms with van der Waals surface area (Å²) in [6.45, 7) is 4.98. The molecule has 0 spiro atoms. The maximum absolute atomic E-state index is 11.8. The van der Waals surface area contributed by atoms with Crippen molar-refractivity contribution < 1.29 is 44.0 Å². The Morgan fingerprint density at radius 1 is 0.688 bits per heavy atom. The van der Waals surface area contributed by atoms with Crippen LogP contribution in [0.4, 0.5) is 0 Å². The Bertz CT molecular complexity index is 3480. The molecule has 0 aliphatic carbocycles. The van der Waals surface area contributed by atoms with Crippen LogP contribution in [0.5, 0.6) is 5.75 Å². The summed E-state index contributed by atoms with van der Waals surface area (Å²) >= 11 is 0. The number of pyridine rings is 1. The normalized spacial score (nSPS) is 16.0. The third-order valence-electron chi connectivity index (χ3n) is 11.9. The summed E-state index contributed by atoms with van der Waals surface area (Å²) in [5.74, 6) is -0.601. The van der Waals surface area contributed by atoms with Crippen molar-refractivity contribution in [2.24, 2.45) is 0 Å². The number of fused-ring (bicyclic) bond motifs is 1. The molecule has 1 N–H and O–H groups in total. The third-order valence-corrected chi connectivity index (χ3v) is 11.9. The van der Waals surface area contributed by atoms with Crippen LogP contribution in [0.3, 0.4) is 0 Å². The molecule has 5 heteroatoms. The molecule has 0 atom stereocenters. The van der Waals surface area contributed by atoms with Gasteiger partial charge in [-0.1, -0.05) is 153 Å². The number of hydrogen-bond acceptors (Lipinski definition) is 3. The minimum absolute atomic E-state index is 0. The number of nitrogens with zero attached hydrogens (tertiary/aromatic N) is 3. The van der Waals surface area contributed by atoms with Gasteiger partial charge in [-0.2, -0.15) is 0 Å². The first-order chi connectivity index (χ1) is 35.1. The van der Waals surface area contributed by atoms with E-state index in [1.54, 1.807) is 24.4 Å². The number of phenolic OH excluding ortho intramolecular Hbond substituents is 1. The van der Waals surface area contributed by atoms with Crippen molar-refractivity contribution in [1.82, 2.24) is 14.5 Å². The molecule has 0 bridgehead atoms. The zero-order valence-corrected chi connectivity index (χ0v) is 40.0. The van der Waals surface area contributed by atoms with E-state index in [1.165, 1.54) is 24.3 Å². The molecule has 330 valence electrons. The number of hydrogen-bond donors (Lipinski definition) is 1. The minimum Gasteiger partial charge on any atom is -0.507 e. The summed E-state index contributed by atoms with van der Waals surface area (Å²) < 4.78 is 112. The van der Waals surface area contributed by atoms with Gasteiger partial charge >= 0.3 is 0 Å². The van der Waals surface area contributed by atoms with Gasteiger partial charge in [-0.3, -0.25) is 9.55 Å². The molecule has 0 aliphatic heterocycles. The number of para-hydroxylation sites is 1. The smallest absolute Gasteiger partial charge is 0.148 e. The van der Waals surface area contributed by atoms with Gasteiger partial charge < -0.3 is 5.11 Å². The molecule has 0 saturated carbocycles. The van der Waals surface area contributed by atoms with Crippen molar-refractivity contribution in [3.63, 3.8) is 0 Å². The molecule has 0 amide bonds. The van der Waals surface area contributed by atoms with Crippen molar-refractivity contribution in [1.29, 1.82) is 0 Å². The Labute approximate surface area is 414 Å². The Hall–Kier alpha value is -5.57. The molecule has 2 heterocycles.